The largest absolute Gasteiger partial charge is 0.494 e. The van der Waals surface area contributed by atoms with Crippen LogP contribution in [0.15, 0.2) is 60.2 Å². The first kappa shape index (κ1) is 43.1. The Morgan fingerprint density at radius 2 is 1.36 bits per heavy atom. The lowest BCUT2D eigenvalue weighted by molar-refractivity contribution is -0.141. The molecule has 0 aliphatic heterocycles. The fourth-order valence-corrected chi connectivity index (χ4v) is 6.83. The lowest BCUT2D eigenvalue weighted by atomic mass is 9.87. The quantitative estimate of drug-likeness (QED) is 0.0286. The lowest BCUT2D eigenvalue weighted by Crippen LogP contribution is -2.30. The van der Waals surface area contributed by atoms with Gasteiger partial charge in [0.25, 0.3) is 0 Å². The highest BCUT2D eigenvalue weighted by atomic mass is 16.6. The number of carbonyl (C=O) groups excluding carboxylic acids is 4. The van der Waals surface area contributed by atoms with Gasteiger partial charge in [0, 0.05) is 25.2 Å². The molecule has 4 rings (SSSR count). The van der Waals surface area contributed by atoms with Gasteiger partial charge < -0.3 is 28.7 Å². The molecular formula is C44H60N2O9. The van der Waals surface area contributed by atoms with E-state index in [-0.39, 0.29) is 29.9 Å². The number of hydrogen-bond acceptors (Lipinski definition) is 11. The first-order valence-electron chi connectivity index (χ1n) is 20.3. The zero-order valence-corrected chi connectivity index (χ0v) is 32.8. The zero-order chi connectivity index (χ0) is 39.3. The predicted molar refractivity (Wildman–Crippen MR) is 211 cm³/mol. The van der Waals surface area contributed by atoms with Crippen LogP contribution in [0, 0.1) is 11.8 Å². The summed E-state index contributed by atoms with van der Waals surface area (Å²) in [5.74, 6) is -0.257. The summed E-state index contributed by atoms with van der Waals surface area (Å²) in [6.07, 6.45) is 17.6. The van der Waals surface area contributed by atoms with Gasteiger partial charge in [-0.25, -0.2) is 9.59 Å². The molecule has 0 radical (unpaired) electrons. The molecular weight excluding hydrogens is 700 g/mol. The minimum absolute atomic E-state index is 0.0979. The van der Waals surface area contributed by atoms with Crippen LogP contribution in [0.1, 0.15) is 132 Å². The van der Waals surface area contributed by atoms with E-state index in [4.69, 9.17) is 23.7 Å². The average Bonchev–Trinajstić information content (AvgIpc) is 3.20. The van der Waals surface area contributed by atoms with Gasteiger partial charge in [-0.1, -0.05) is 52.0 Å². The summed E-state index contributed by atoms with van der Waals surface area (Å²) >= 11 is 0. The molecule has 0 amide bonds. The summed E-state index contributed by atoms with van der Waals surface area (Å²) in [6, 6.07) is 12.0. The third-order valence-electron chi connectivity index (χ3n) is 10.2. The van der Waals surface area contributed by atoms with Crippen LogP contribution in [0.2, 0.25) is 0 Å². The van der Waals surface area contributed by atoms with E-state index in [1.54, 1.807) is 48.7 Å². The summed E-state index contributed by atoms with van der Waals surface area (Å²) in [5.41, 5.74) is 0.868. The SMILES string of the molecule is C=CC(=O)OCCCCCCOc1ccc(OC(=O)[C@H]2CC[C@H](OC(=O)c3ccc(OC(=O)C4CCCCC4)cc3/C=N/N(C)CCCCCC)CC2)cc1. The molecule has 2 aromatic carbocycles. The van der Waals surface area contributed by atoms with E-state index in [0.29, 0.717) is 67.3 Å². The number of ether oxygens (including phenoxy) is 5. The highest BCUT2D eigenvalue weighted by molar-refractivity contribution is 6.00. The van der Waals surface area contributed by atoms with Crippen molar-refractivity contribution in [1.82, 2.24) is 5.01 Å². The Bertz CT molecular complexity index is 1540. The van der Waals surface area contributed by atoms with Crippen LogP contribution in [0.3, 0.4) is 0 Å². The summed E-state index contributed by atoms with van der Waals surface area (Å²) in [4.78, 5) is 50.5. The number of benzene rings is 2. The van der Waals surface area contributed by atoms with Gasteiger partial charge in [0.15, 0.2) is 0 Å². The third-order valence-corrected chi connectivity index (χ3v) is 10.2. The fourth-order valence-electron chi connectivity index (χ4n) is 6.83. The van der Waals surface area contributed by atoms with E-state index >= 15 is 0 Å². The molecule has 2 aliphatic carbocycles. The zero-order valence-electron chi connectivity index (χ0n) is 32.8. The van der Waals surface area contributed by atoms with Crippen molar-refractivity contribution in [3.63, 3.8) is 0 Å². The fraction of sp³-hybridized carbons (Fsp3) is 0.568. The Labute approximate surface area is 326 Å². The number of carbonyl (C=O) groups is 4. The van der Waals surface area contributed by atoms with E-state index in [1.165, 1.54) is 6.42 Å². The maximum absolute atomic E-state index is 13.5. The van der Waals surface area contributed by atoms with Crippen LogP contribution in [0.5, 0.6) is 17.2 Å². The van der Waals surface area contributed by atoms with Crippen LogP contribution in [0.25, 0.3) is 0 Å². The molecule has 300 valence electrons. The van der Waals surface area contributed by atoms with Crippen molar-refractivity contribution in [1.29, 1.82) is 0 Å². The van der Waals surface area contributed by atoms with E-state index in [2.05, 4.69) is 18.6 Å². The van der Waals surface area contributed by atoms with Gasteiger partial charge >= 0.3 is 23.9 Å². The number of esters is 4. The van der Waals surface area contributed by atoms with Crippen molar-refractivity contribution >= 4 is 30.1 Å². The molecule has 0 spiro atoms. The number of hydrazone groups is 1. The van der Waals surface area contributed by atoms with Crippen LogP contribution >= 0.6 is 0 Å². The van der Waals surface area contributed by atoms with Gasteiger partial charge in [0.2, 0.25) is 0 Å². The first-order valence-corrected chi connectivity index (χ1v) is 20.3. The molecule has 2 aliphatic rings. The smallest absolute Gasteiger partial charge is 0.339 e. The van der Waals surface area contributed by atoms with Gasteiger partial charge in [0.05, 0.1) is 36.8 Å². The number of unbranched alkanes of at least 4 members (excludes halogenated alkanes) is 6. The molecule has 0 heterocycles. The second-order valence-corrected chi connectivity index (χ2v) is 14.6. The Kier molecular flexibility index (Phi) is 18.8. The van der Waals surface area contributed by atoms with Crippen molar-refractivity contribution in [2.45, 2.75) is 122 Å². The maximum atomic E-state index is 13.5. The summed E-state index contributed by atoms with van der Waals surface area (Å²) in [7, 11) is 1.90. The summed E-state index contributed by atoms with van der Waals surface area (Å²) < 4.78 is 28.2. The van der Waals surface area contributed by atoms with E-state index in [1.807, 2.05) is 12.1 Å². The molecule has 0 unspecified atom stereocenters. The predicted octanol–water partition coefficient (Wildman–Crippen LogP) is 9.01. The van der Waals surface area contributed by atoms with Crippen LogP contribution in [0.4, 0.5) is 0 Å². The molecule has 11 heteroatoms. The molecule has 0 bridgehead atoms. The second-order valence-electron chi connectivity index (χ2n) is 14.6. The Morgan fingerprint density at radius 1 is 0.745 bits per heavy atom. The standard InChI is InChI=1S/C44H60N2O9/c1-4-6-7-13-28-46(3)45-32-35-31-39(55-42(48)33-16-11-10-12-17-33)26-27-40(35)44(50)54-37-20-18-34(19-21-37)43(49)53-38-24-22-36(23-25-38)51-29-14-8-9-15-30-52-41(47)5-2/h5,22-27,31-34,37H,2,4,6-21,28-30H2,1,3H3/b45-32+/t34-,37-. The van der Waals surface area contributed by atoms with E-state index in [0.717, 1.165) is 89.7 Å². The first-order chi connectivity index (χ1) is 26.7. The van der Waals surface area contributed by atoms with Crippen molar-refractivity contribution < 1.29 is 42.9 Å². The number of hydrogen-bond donors (Lipinski definition) is 0. The van der Waals surface area contributed by atoms with Gasteiger partial charge in [-0.3, -0.25) is 9.59 Å². The van der Waals surface area contributed by atoms with Crippen molar-refractivity contribution in [2.75, 3.05) is 26.8 Å². The molecule has 0 aromatic heterocycles. The highest BCUT2D eigenvalue weighted by Crippen LogP contribution is 2.30. The average molecular weight is 761 g/mol. The van der Waals surface area contributed by atoms with Crippen molar-refractivity contribution in [3.05, 3.63) is 66.2 Å². The van der Waals surface area contributed by atoms with E-state index < -0.39 is 11.9 Å². The Balaban J connectivity index is 1.23. The monoisotopic (exact) mass is 760 g/mol. The molecule has 2 saturated carbocycles. The Morgan fingerprint density at radius 3 is 2.05 bits per heavy atom. The van der Waals surface area contributed by atoms with Gasteiger partial charge in [-0.2, -0.15) is 5.10 Å². The lowest BCUT2D eigenvalue weighted by Gasteiger charge is -2.27. The molecule has 55 heavy (non-hydrogen) atoms. The molecule has 11 nitrogen and oxygen atoms in total. The molecule has 0 atom stereocenters. The van der Waals surface area contributed by atoms with E-state index in [9.17, 15) is 19.2 Å². The molecule has 2 aromatic rings. The topological polar surface area (TPSA) is 130 Å². The highest BCUT2D eigenvalue weighted by Gasteiger charge is 2.30. The number of nitrogens with zero attached hydrogens (tertiary/aromatic N) is 2. The van der Waals surface area contributed by atoms with Crippen LogP contribution < -0.4 is 14.2 Å². The second kappa shape index (κ2) is 24.0. The molecule has 0 saturated heterocycles. The van der Waals surface area contributed by atoms with Gasteiger partial charge in [-0.05, 0) is 113 Å². The number of rotatable bonds is 22. The Hall–Kier alpha value is -4.67. The van der Waals surface area contributed by atoms with Crippen molar-refractivity contribution in [2.24, 2.45) is 16.9 Å². The summed E-state index contributed by atoms with van der Waals surface area (Å²) in [5, 5.41) is 6.44. The molecule has 2 fully saturated rings. The van der Waals surface area contributed by atoms with Gasteiger partial charge in [0.1, 0.15) is 23.4 Å². The third kappa shape index (κ3) is 15.5. The normalized spacial score (nSPS) is 17.3. The van der Waals surface area contributed by atoms with Crippen LogP contribution in [-0.2, 0) is 23.9 Å². The minimum Gasteiger partial charge on any atom is -0.494 e. The summed E-state index contributed by atoms with van der Waals surface area (Å²) in [6.45, 7) is 7.30. The maximum Gasteiger partial charge on any atom is 0.339 e. The van der Waals surface area contributed by atoms with Gasteiger partial charge in [-0.15, -0.1) is 0 Å². The van der Waals surface area contributed by atoms with Crippen LogP contribution in [-0.4, -0.2) is 68.0 Å². The van der Waals surface area contributed by atoms with Crippen molar-refractivity contribution in [3.8, 4) is 17.2 Å². The minimum atomic E-state index is -0.475. The molecule has 0 N–H and O–H groups in total.